The second kappa shape index (κ2) is 9.53. The van der Waals surface area contributed by atoms with Crippen molar-refractivity contribution in [2.24, 2.45) is 0 Å². The molecule has 1 amide bonds. The van der Waals surface area contributed by atoms with Crippen molar-refractivity contribution < 1.29 is 19.0 Å². The minimum atomic E-state index is -0.494. The Labute approximate surface area is 192 Å². The Hall–Kier alpha value is -4.18. The summed E-state index contributed by atoms with van der Waals surface area (Å²) in [7, 11) is 3.24. The summed E-state index contributed by atoms with van der Waals surface area (Å²) in [5.74, 6) is 1.65. The molecule has 2 aromatic heterocycles. The summed E-state index contributed by atoms with van der Waals surface area (Å²) in [4.78, 5) is 13.5. The van der Waals surface area contributed by atoms with Gasteiger partial charge in [0, 0.05) is 32.0 Å². The Kier molecular flexibility index (Phi) is 6.36. The van der Waals surface area contributed by atoms with E-state index in [9.17, 15) is 10.1 Å². The third-order valence-corrected chi connectivity index (χ3v) is 5.24. The van der Waals surface area contributed by atoms with Gasteiger partial charge in [-0.3, -0.25) is 0 Å². The van der Waals surface area contributed by atoms with Crippen molar-refractivity contribution in [2.75, 3.05) is 27.3 Å². The number of hydrogen-bond donors (Lipinski definition) is 0. The smallest absolute Gasteiger partial charge is 0.414 e. The molecule has 0 saturated heterocycles. The van der Waals surface area contributed by atoms with Gasteiger partial charge in [-0.25, -0.2) is 4.79 Å². The molecule has 0 atom stereocenters. The van der Waals surface area contributed by atoms with Crippen LogP contribution in [0, 0.1) is 11.3 Å². The molecular formula is C26H25N3O4. The normalized spacial score (nSPS) is 10.7. The first-order chi connectivity index (χ1) is 16.0. The van der Waals surface area contributed by atoms with Crippen LogP contribution in [0.5, 0.6) is 17.2 Å². The maximum absolute atomic E-state index is 12.1. The number of nitriles is 1. The van der Waals surface area contributed by atoms with Gasteiger partial charge in [0.15, 0.2) is 5.75 Å². The van der Waals surface area contributed by atoms with Crippen LogP contribution in [-0.2, 0) is 6.42 Å². The Morgan fingerprint density at radius 1 is 1.06 bits per heavy atom. The van der Waals surface area contributed by atoms with Crippen LogP contribution in [0.3, 0.4) is 0 Å². The van der Waals surface area contributed by atoms with Crippen molar-refractivity contribution >= 4 is 22.5 Å². The zero-order chi connectivity index (χ0) is 23.4. The zero-order valence-corrected chi connectivity index (χ0v) is 18.9. The molecule has 33 heavy (non-hydrogen) atoms. The van der Waals surface area contributed by atoms with Crippen molar-refractivity contribution in [1.29, 1.82) is 5.26 Å². The number of nitrogens with zero attached hydrogens (tertiary/aromatic N) is 3. The molecule has 0 aliphatic carbocycles. The summed E-state index contributed by atoms with van der Waals surface area (Å²) in [6.07, 6.45) is 1.88. The predicted molar refractivity (Wildman–Crippen MR) is 126 cm³/mol. The van der Waals surface area contributed by atoms with Crippen molar-refractivity contribution in [3.8, 4) is 23.3 Å². The highest BCUT2D eigenvalue weighted by atomic mass is 16.6. The SMILES string of the molecule is CCOc1ccc(CCOc2cc(OC(=O)N(C)C)cn3c2c(C#N)c2ccccc23)cc1. The van der Waals surface area contributed by atoms with Crippen molar-refractivity contribution in [2.45, 2.75) is 13.3 Å². The molecule has 0 N–H and O–H groups in total. The molecule has 0 radical (unpaired) electrons. The van der Waals surface area contributed by atoms with Gasteiger partial charge in [-0.15, -0.1) is 0 Å². The Balaban J connectivity index is 1.68. The van der Waals surface area contributed by atoms with Gasteiger partial charge in [-0.2, -0.15) is 5.26 Å². The molecule has 0 unspecified atom stereocenters. The monoisotopic (exact) mass is 443 g/mol. The summed E-state index contributed by atoms with van der Waals surface area (Å²) in [6.45, 7) is 2.97. The highest BCUT2D eigenvalue weighted by Crippen LogP contribution is 2.35. The zero-order valence-electron chi connectivity index (χ0n) is 18.9. The molecular weight excluding hydrogens is 418 g/mol. The second-order valence-corrected chi connectivity index (χ2v) is 7.70. The van der Waals surface area contributed by atoms with E-state index in [1.165, 1.54) is 4.90 Å². The summed E-state index contributed by atoms with van der Waals surface area (Å²) in [5, 5.41) is 10.7. The van der Waals surface area contributed by atoms with Crippen LogP contribution in [0.15, 0.2) is 60.8 Å². The van der Waals surface area contributed by atoms with E-state index >= 15 is 0 Å². The Morgan fingerprint density at radius 3 is 2.52 bits per heavy atom. The van der Waals surface area contributed by atoms with Crippen LogP contribution in [-0.4, -0.2) is 42.7 Å². The van der Waals surface area contributed by atoms with E-state index in [-0.39, 0.29) is 0 Å². The van der Waals surface area contributed by atoms with Gasteiger partial charge in [0.2, 0.25) is 0 Å². The lowest BCUT2D eigenvalue weighted by molar-refractivity contribution is 0.171. The average Bonchev–Trinajstić information content (AvgIpc) is 3.14. The maximum Gasteiger partial charge on any atom is 0.414 e. The lowest BCUT2D eigenvalue weighted by Crippen LogP contribution is -2.25. The second-order valence-electron chi connectivity index (χ2n) is 7.70. The number of benzene rings is 2. The third-order valence-electron chi connectivity index (χ3n) is 5.24. The number of amides is 1. The molecule has 0 saturated carbocycles. The van der Waals surface area contributed by atoms with Crippen LogP contribution in [0.25, 0.3) is 16.4 Å². The first kappa shape index (κ1) is 22.0. The molecule has 0 spiro atoms. The Morgan fingerprint density at radius 2 is 1.82 bits per heavy atom. The lowest BCUT2D eigenvalue weighted by Gasteiger charge is -2.14. The standard InChI is InChI=1S/C26H25N3O4/c1-4-31-19-11-9-18(10-12-19)13-14-32-24-15-20(33-26(30)28(2)3)17-29-23-8-6-5-7-21(23)22(16-27)25(24)29/h5-12,15,17H,4,13-14H2,1-3H3. The van der Waals surface area contributed by atoms with Crippen LogP contribution in [0.2, 0.25) is 0 Å². The molecule has 0 aliphatic rings. The first-order valence-electron chi connectivity index (χ1n) is 10.7. The lowest BCUT2D eigenvalue weighted by atomic mass is 10.1. The number of aromatic nitrogens is 1. The van der Waals surface area contributed by atoms with Gasteiger partial charge in [-0.1, -0.05) is 30.3 Å². The van der Waals surface area contributed by atoms with Crippen LogP contribution < -0.4 is 14.2 Å². The van der Waals surface area contributed by atoms with Crippen molar-refractivity contribution in [3.63, 3.8) is 0 Å². The number of pyridine rings is 1. The predicted octanol–water partition coefficient (Wildman–Crippen LogP) is 5.04. The molecule has 7 heteroatoms. The summed E-state index contributed by atoms with van der Waals surface area (Å²) >= 11 is 0. The van der Waals surface area contributed by atoms with Gasteiger partial charge < -0.3 is 23.5 Å². The number of carbonyl (C=O) groups is 1. The summed E-state index contributed by atoms with van der Waals surface area (Å²) < 4.78 is 19.0. The first-order valence-corrected chi connectivity index (χ1v) is 10.7. The Bertz CT molecular complexity index is 1330. The van der Waals surface area contributed by atoms with E-state index in [0.717, 1.165) is 22.2 Å². The minimum Gasteiger partial charge on any atom is -0.494 e. The fraction of sp³-hybridized carbons (Fsp3) is 0.231. The number of para-hydroxylation sites is 1. The highest BCUT2D eigenvalue weighted by molar-refractivity contribution is 5.97. The number of rotatable bonds is 7. The van der Waals surface area contributed by atoms with Crippen LogP contribution in [0.4, 0.5) is 4.79 Å². The fourth-order valence-electron chi connectivity index (χ4n) is 3.67. The number of fused-ring (bicyclic) bond motifs is 3. The van der Waals surface area contributed by atoms with E-state index in [2.05, 4.69) is 6.07 Å². The van der Waals surface area contributed by atoms with E-state index in [0.29, 0.717) is 42.2 Å². The van der Waals surface area contributed by atoms with Gasteiger partial charge >= 0.3 is 6.09 Å². The molecule has 168 valence electrons. The van der Waals surface area contributed by atoms with E-state index in [4.69, 9.17) is 14.2 Å². The number of hydrogen-bond acceptors (Lipinski definition) is 5. The molecule has 2 heterocycles. The summed E-state index contributed by atoms with van der Waals surface area (Å²) in [5.41, 5.74) is 3.11. The van der Waals surface area contributed by atoms with Gasteiger partial charge in [0.05, 0.1) is 30.5 Å². The molecule has 0 aliphatic heterocycles. The third kappa shape index (κ3) is 4.55. The molecule has 0 bridgehead atoms. The molecule has 7 nitrogen and oxygen atoms in total. The minimum absolute atomic E-state index is 0.336. The van der Waals surface area contributed by atoms with Crippen LogP contribution in [0.1, 0.15) is 18.1 Å². The van der Waals surface area contributed by atoms with E-state index in [1.807, 2.05) is 59.9 Å². The average molecular weight is 444 g/mol. The highest BCUT2D eigenvalue weighted by Gasteiger charge is 2.19. The van der Waals surface area contributed by atoms with E-state index in [1.54, 1.807) is 26.4 Å². The van der Waals surface area contributed by atoms with Gasteiger partial charge in [-0.05, 0) is 30.7 Å². The van der Waals surface area contributed by atoms with E-state index < -0.39 is 6.09 Å². The quantitative estimate of drug-likeness (QED) is 0.400. The van der Waals surface area contributed by atoms with Gasteiger partial charge in [0.25, 0.3) is 0 Å². The van der Waals surface area contributed by atoms with Crippen molar-refractivity contribution in [1.82, 2.24) is 9.30 Å². The topological polar surface area (TPSA) is 76.2 Å². The number of carbonyl (C=O) groups excluding carboxylic acids is 1. The maximum atomic E-state index is 12.1. The molecule has 4 aromatic rings. The number of ether oxygens (including phenoxy) is 3. The molecule has 0 fully saturated rings. The largest absolute Gasteiger partial charge is 0.494 e. The van der Waals surface area contributed by atoms with Gasteiger partial charge in [0.1, 0.15) is 23.1 Å². The molecule has 2 aromatic carbocycles. The van der Waals surface area contributed by atoms with Crippen molar-refractivity contribution in [3.05, 3.63) is 71.9 Å². The molecule has 4 rings (SSSR count). The summed E-state index contributed by atoms with van der Waals surface area (Å²) in [6, 6.07) is 19.5. The fourth-order valence-corrected chi connectivity index (χ4v) is 3.67. The van der Waals surface area contributed by atoms with Crippen LogP contribution >= 0.6 is 0 Å².